The predicted molar refractivity (Wildman–Crippen MR) is 71.8 cm³/mol. The molecular formula is C13H15N3O2. The quantitative estimate of drug-likeness (QED) is 0.498. The Bertz CT molecular complexity index is 569. The molecule has 0 saturated heterocycles. The molecule has 0 saturated carbocycles. The molecule has 0 aliphatic rings. The fourth-order valence-electron chi connectivity index (χ4n) is 1.72. The zero-order chi connectivity index (χ0) is 13.0. The van der Waals surface area contributed by atoms with Gasteiger partial charge in [0.1, 0.15) is 5.82 Å². The van der Waals surface area contributed by atoms with Crippen molar-refractivity contribution in [2.75, 3.05) is 11.9 Å². The van der Waals surface area contributed by atoms with E-state index in [9.17, 15) is 10.1 Å². The molecule has 5 heteroatoms. The Morgan fingerprint density at radius 1 is 1.33 bits per heavy atom. The molecule has 0 fully saturated rings. The van der Waals surface area contributed by atoms with E-state index in [0.29, 0.717) is 0 Å². The van der Waals surface area contributed by atoms with Crippen molar-refractivity contribution in [3.05, 3.63) is 40.4 Å². The van der Waals surface area contributed by atoms with Gasteiger partial charge in [-0.15, -0.1) is 0 Å². The number of pyridine rings is 1. The van der Waals surface area contributed by atoms with Crippen LogP contribution in [-0.2, 0) is 0 Å². The lowest BCUT2D eigenvalue weighted by Gasteiger charge is -2.05. The minimum Gasteiger partial charge on any atom is -0.370 e. The molecule has 0 aliphatic carbocycles. The summed E-state index contributed by atoms with van der Waals surface area (Å²) in [5, 5.41) is 14.7. The topological polar surface area (TPSA) is 68.1 Å². The summed E-state index contributed by atoms with van der Waals surface area (Å²) >= 11 is 0. The molecule has 0 bridgehead atoms. The van der Waals surface area contributed by atoms with Crippen LogP contribution in [0.1, 0.15) is 19.8 Å². The van der Waals surface area contributed by atoms with Gasteiger partial charge in [0.15, 0.2) is 0 Å². The molecule has 1 aromatic carbocycles. The van der Waals surface area contributed by atoms with Crippen LogP contribution in [-0.4, -0.2) is 16.5 Å². The molecule has 2 rings (SSSR count). The molecule has 2 aromatic rings. The molecule has 0 aliphatic heterocycles. The molecule has 0 spiro atoms. The average Bonchev–Trinajstić information content (AvgIpc) is 2.38. The molecule has 1 N–H and O–H groups in total. The van der Waals surface area contributed by atoms with Crippen molar-refractivity contribution in [2.45, 2.75) is 19.8 Å². The number of hydrogen-bond acceptors (Lipinski definition) is 4. The van der Waals surface area contributed by atoms with Crippen molar-refractivity contribution in [2.24, 2.45) is 0 Å². The van der Waals surface area contributed by atoms with Gasteiger partial charge in [-0.3, -0.25) is 10.1 Å². The summed E-state index contributed by atoms with van der Waals surface area (Å²) in [5.41, 5.74) is 0.859. The summed E-state index contributed by atoms with van der Waals surface area (Å²) in [6.07, 6.45) is 2.23. The Morgan fingerprint density at radius 3 is 2.89 bits per heavy atom. The van der Waals surface area contributed by atoms with Gasteiger partial charge in [0.25, 0.3) is 5.69 Å². The van der Waals surface area contributed by atoms with Crippen LogP contribution in [0, 0.1) is 10.1 Å². The highest BCUT2D eigenvalue weighted by atomic mass is 16.6. The van der Waals surface area contributed by atoms with E-state index >= 15 is 0 Å². The first-order chi connectivity index (χ1) is 8.70. The fourth-order valence-corrected chi connectivity index (χ4v) is 1.72. The number of rotatable bonds is 5. The SMILES string of the molecule is CCCCNc1ccc2cc([N+](=O)[O-])ccc2n1. The van der Waals surface area contributed by atoms with Gasteiger partial charge >= 0.3 is 0 Å². The van der Waals surface area contributed by atoms with Crippen LogP contribution in [0.25, 0.3) is 10.9 Å². The summed E-state index contributed by atoms with van der Waals surface area (Å²) in [5.74, 6) is 0.810. The van der Waals surface area contributed by atoms with Crippen LogP contribution in [0.15, 0.2) is 30.3 Å². The number of aromatic nitrogens is 1. The largest absolute Gasteiger partial charge is 0.370 e. The summed E-state index contributed by atoms with van der Waals surface area (Å²) in [4.78, 5) is 14.7. The first kappa shape index (κ1) is 12.3. The minimum atomic E-state index is -0.396. The second kappa shape index (κ2) is 5.44. The Morgan fingerprint density at radius 2 is 2.17 bits per heavy atom. The van der Waals surface area contributed by atoms with Gasteiger partial charge in [-0.05, 0) is 24.6 Å². The van der Waals surface area contributed by atoms with Crippen molar-refractivity contribution in [3.63, 3.8) is 0 Å². The highest BCUT2D eigenvalue weighted by Gasteiger charge is 2.06. The van der Waals surface area contributed by atoms with Crippen molar-refractivity contribution >= 4 is 22.4 Å². The van der Waals surface area contributed by atoms with E-state index in [2.05, 4.69) is 17.2 Å². The van der Waals surface area contributed by atoms with Gasteiger partial charge in [-0.2, -0.15) is 0 Å². The van der Waals surface area contributed by atoms with Gasteiger partial charge in [-0.25, -0.2) is 4.98 Å². The van der Waals surface area contributed by atoms with Crippen LogP contribution in [0.4, 0.5) is 11.5 Å². The summed E-state index contributed by atoms with van der Waals surface area (Å²) < 4.78 is 0. The number of hydrogen-bond donors (Lipinski definition) is 1. The molecule has 18 heavy (non-hydrogen) atoms. The van der Waals surface area contributed by atoms with Crippen molar-refractivity contribution in [1.29, 1.82) is 0 Å². The van der Waals surface area contributed by atoms with Crippen LogP contribution in [0.2, 0.25) is 0 Å². The third-order valence-corrected chi connectivity index (χ3v) is 2.72. The van der Waals surface area contributed by atoms with Crippen molar-refractivity contribution < 1.29 is 4.92 Å². The molecule has 0 atom stereocenters. The van der Waals surface area contributed by atoms with E-state index in [1.807, 2.05) is 12.1 Å². The highest BCUT2D eigenvalue weighted by molar-refractivity contribution is 5.82. The van der Waals surface area contributed by atoms with E-state index in [1.54, 1.807) is 6.07 Å². The van der Waals surface area contributed by atoms with Crippen LogP contribution in [0.3, 0.4) is 0 Å². The zero-order valence-electron chi connectivity index (χ0n) is 10.2. The monoisotopic (exact) mass is 245 g/mol. The molecule has 1 heterocycles. The zero-order valence-corrected chi connectivity index (χ0v) is 10.2. The molecule has 1 aromatic heterocycles. The number of nitrogens with zero attached hydrogens (tertiary/aromatic N) is 2. The van der Waals surface area contributed by atoms with Gasteiger partial charge in [0.05, 0.1) is 10.4 Å². The Labute approximate surface area is 105 Å². The second-order valence-electron chi connectivity index (χ2n) is 4.11. The van der Waals surface area contributed by atoms with Gasteiger partial charge < -0.3 is 5.32 Å². The normalized spacial score (nSPS) is 10.5. The Balaban J connectivity index is 2.24. The molecule has 0 radical (unpaired) electrons. The number of anilines is 1. The van der Waals surface area contributed by atoms with Gasteiger partial charge in [0.2, 0.25) is 0 Å². The maximum atomic E-state index is 10.7. The second-order valence-corrected chi connectivity index (χ2v) is 4.11. The number of nitrogens with one attached hydrogen (secondary N) is 1. The molecule has 94 valence electrons. The number of unbranched alkanes of at least 4 members (excludes halogenated alkanes) is 1. The van der Waals surface area contributed by atoms with E-state index in [4.69, 9.17) is 0 Å². The highest BCUT2D eigenvalue weighted by Crippen LogP contribution is 2.20. The van der Waals surface area contributed by atoms with Gasteiger partial charge in [0, 0.05) is 24.1 Å². The summed E-state index contributed by atoms with van der Waals surface area (Å²) in [6, 6.07) is 8.40. The standard InChI is InChI=1S/C13H15N3O2/c1-2-3-8-14-13-7-4-10-9-11(16(17)18)5-6-12(10)15-13/h4-7,9H,2-3,8H2,1H3,(H,14,15). The van der Waals surface area contributed by atoms with Crippen LogP contribution < -0.4 is 5.32 Å². The maximum absolute atomic E-state index is 10.7. The first-order valence-electron chi connectivity index (χ1n) is 6.00. The Hall–Kier alpha value is -2.17. The summed E-state index contributed by atoms with van der Waals surface area (Å²) in [6.45, 7) is 3.02. The van der Waals surface area contributed by atoms with E-state index in [0.717, 1.165) is 36.1 Å². The lowest BCUT2D eigenvalue weighted by molar-refractivity contribution is -0.384. The maximum Gasteiger partial charge on any atom is 0.270 e. The number of non-ortho nitro benzene ring substituents is 1. The van der Waals surface area contributed by atoms with Crippen molar-refractivity contribution in [1.82, 2.24) is 4.98 Å². The molecule has 0 unspecified atom stereocenters. The average molecular weight is 245 g/mol. The number of nitro benzene ring substituents is 1. The van der Waals surface area contributed by atoms with E-state index in [1.165, 1.54) is 12.1 Å². The molecule has 0 amide bonds. The minimum absolute atomic E-state index is 0.0935. The number of nitro groups is 1. The third-order valence-electron chi connectivity index (χ3n) is 2.72. The lowest BCUT2D eigenvalue weighted by Crippen LogP contribution is -2.02. The number of fused-ring (bicyclic) bond motifs is 1. The predicted octanol–water partition coefficient (Wildman–Crippen LogP) is 3.36. The smallest absolute Gasteiger partial charge is 0.270 e. The lowest BCUT2D eigenvalue weighted by atomic mass is 10.2. The first-order valence-corrected chi connectivity index (χ1v) is 6.00. The Kier molecular flexibility index (Phi) is 3.72. The van der Waals surface area contributed by atoms with Crippen LogP contribution in [0.5, 0.6) is 0 Å². The summed E-state index contributed by atoms with van der Waals surface area (Å²) in [7, 11) is 0. The van der Waals surface area contributed by atoms with Gasteiger partial charge in [-0.1, -0.05) is 13.3 Å². The van der Waals surface area contributed by atoms with Crippen LogP contribution >= 0.6 is 0 Å². The fraction of sp³-hybridized carbons (Fsp3) is 0.308. The van der Waals surface area contributed by atoms with Crippen molar-refractivity contribution in [3.8, 4) is 0 Å². The molecule has 5 nitrogen and oxygen atoms in total. The van der Waals surface area contributed by atoms with E-state index < -0.39 is 4.92 Å². The van der Waals surface area contributed by atoms with E-state index in [-0.39, 0.29) is 5.69 Å². The number of benzene rings is 1. The third kappa shape index (κ3) is 2.74. The molecular weight excluding hydrogens is 230 g/mol.